The van der Waals surface area contributed by atoms with Crippen molar-refractivity contribution in [3.63, 3.8) is 0 Å². The van der Waals surface area contributed by atoms with E-state index in [0.29, 0.717) is 24.4 Å². The second kappa shape index (κ2) is 5.65. The second-order valence-corrected chi connectivity index (χ2v) is 6.19. The first-order valence-electron chi connectivity index (χ1n) is 6.94. The number of carbonyl (C=O) groups is 1. The van der Waals surface area contributed by atoms with E-state index in [1.54, 1.807) is 11.0 Å². The van der Waals surface area contributed by atoms with Gasteiger partial charge in [-0.05, 0) is 39.3 Å². The monoisotopic (exact) mass is 288 g/mol. The van der Waals surface area contributed by atoms with Crippen LogP contribution in [0.1, 0.15) is 31.9 Å². The molecule has 112 valence electrons. The third kappa shape index (κ3) is 3.66. The molecule has 0 bridgehead atoms. The predicted octanol–water partition coefficient (Wildman–Crippen LogP) is 2.86. The van der Waals surface area contributed by atoms with E-state index < -0.39 is 5.60 Å². The molecule has 5 nitrogen and oxygen atoms in total. The number of hydrogen-bond acceptors (Lipinski definition) is 4. The Kier molecular flexibility index (Phi) is 4.08. The summed E-state index contributed by atoms with van der Waals surface area (Å²) in [4.78, 5) is 13.4. The molecule has 0 unspecified atom stereocenters. The molecule has 1 aliphatic rings. The van der Waals surface area contributed by atoms with Crippen LogP contribution >= 0.6 is 0 Å². The minimum absolute atomic E-state index is 0.0919. The van der Waals surface area contributed by atoms with Crippen molar-refractivity contribution in [3.8, 4) is 11.8 Å². The molecule has 2 rings (SSSR count). The van der Waals surface area contributed by atoms with Crippen molar-refractivity contribution in [2.75, 3.05) is 13.1 Å². The first-order chi connectivity index (χ1) is 9.80. The molecule has 0 atom stereocenters. The van der Waals surface area contributed by atoms with Gasteiger partial charge in [0, 0.05) is 0 Å². The molecular weight excluding hydrogens is 268 g/mol. The first-order valence-corrected chi connectivity index (χ1v) is 6.94. The molecule has 1 heterocycles. The zero-order chi connectivity index (χ0) is 15.6. The van der Waals surface area contributed by atoms with Gasteiger partial charge in [0.15, 0.2) is 0 Å². The minimum Gasteiger partial charge on any atom is -0.485 e. The molecule has 0 radical (unpaired) electrons. The first kappa shape index (κ1) is 15.2. The third-order valence-electron chi connectivity index (χ3n) is 3.12. The molecule has 1 aromatic carbocycles. The molecule has 0 N–H and O–H groups in total. The highest BCUT2D eigenvalue weighted by atomic mass is 16.6. The van der Waals surface area contributed by atoms with E-state index in [1.165, 1.54) is 0 Å². The smallest absolute Gasteiger partial charge is 0.410 e. The molecule has 0 aliphatic carbocycles. The molecule has 1 fully saturated rings. The molecule has 5 heteroatoms. The van der Waals surface area contributed by atoms with Crippen molar-refractivity contribution < 1.29 is 14.3 Å². The fraction of sp³-hybridized carbons (Fsp3) is 0.500. The number of ether oxygens (including phenoxy) is 2. The maximum Gasteiger partial charge on any atom is 0.410 e. The fourth-order valence-corrected chi connectivity index (χ4v) is 2.05. The number of amides is 1. The van der Waals surface area contributed by atoms with Crippen molar-refractivity contribution in [1.82, 2.24) is 4.90 Å². The van der Waals surface area contributed by atoms with Gasteiger partial charge in [0.2, 0.25) is 0 Å². The molecule has 0 aromatic heterocycles. The number of benzene rings is 1. The van der Waals surface area contributed by atoms with Crippen molar-refractivity contribution in [2.45, 2.75) is 39.4 Å². The van der Waals surface area contributed by atoms with Gasteiger partial charge in [-0.3, -0.25) is 0 Å². The predicted molar refractivity (Wildman–Crippen MR) is 78.1 cm³/mol. The highest BCUT2D eigenvalue weighted by Crippen LogP contribution is 2.26. The quantitative estimate of drug-likeness (QED) is 0.839. The summed E-state index contributed by atoms with van der Waals surface area (Å²) in [5.41, 5.74) is 0.947. The van der Waals surface area contributed by atoms with E-state index in [0.717, 1.165) is 5.56 Å². The van der Waals surface area contributed by atoms with Gasteiger partial charge in [0.25, 0.3) is 0 Å². The third-order valence-corrected chi connectivity index (χ3v) is 3.12. The molecule has 21 heavy (non-hydrogen) atoms. The van der Waals surface area contributed by atoms with E-state index >= 15 is 0 Å². The summed E-state index contributed by atoms with van der Waals surface area (Å²) in [6.07, 6.45) is -0.418. The number of nitrogens with zero attached hydrogens (tertiary/aromatic N) is 2. The Morgan fingerprint density at radius 2 is 2.05 bits per heavy atom. The lowest BCUT2D eigenvalue weighted by atomic mass is 10.1. The second-order valence-electron chi connectivity index (χ2n) is 6.19. The van der Waals surface area contributed by atoms with Crippen LogP contribution in [0.5, 0.6) is 5.75 Å². The molecule has 1 saturated heterocycles. The molecule has 1 aromatic rings. The van der Waals surface area contributed by atoms with Gasteiger partial charge < -0.3 is 14.4 Å². The van der Waals surface area contributed by atoms with E-state index in [2.05, 4.69) is 6.07 Å². The zero-order valence-corrected chi connectivity index (χ0v) is 12.8. The van der Waals surface area contributed by atoms with Crippen LogP contribution in [0.2, 0.25) is 0 Å². The summed E-state index contributed by atoms with van der Waals surface area (Å²) in [5, 5.41) is 9.10. The maximum atomic E-state index is 11.8. The van der Waals surface area contributed by atoms with E-state index in [1.807, 2.05) is 39.8 Å². The average Bonchev–Trinajstić information content (AvgIpc) is 2.32. The summed E-state index contributed by atoms with van der Waals surface area (Å²) < 4.78 is 11.1. The van der Waals surface area contributed by atoms with Crippen LogP contribution in [-0.2, 0) is 4.74 Å². The summed E-state index contributed by atoms with van der Waals surface area (Å²) in [7, 11) is 0. The Hall–Kier alpha value is -2.22. The molecule has 1 aliphatic heterocycles. The lowest BCUT2D eigenvalue weighted by Crippen LogP contribution is -2.57. The van der Waals surface area contributed by atoms with Gasteiger partial charge in [-0.25, -0.2) is 4.79 Å². The molecule has 1 amide bonds. The number of carbonyl (C=O) groups excluding carboxylic acids is 1. The van der Waals surface area contributed by atoms with E-state index in [4.69, 9.17) is 14.7 Å². The van der Waals surface area contributed by atoms with Crippen molar-refractivity contribution in [3.05, 3.63) is 29.3 Å². The van der Waals surface area contributed by atoms with Crippen LogP contribution < -0.4 is 4.74 Å². The van der Waals surface area contributed by atoms with Gasteiger partial charge in [-0.15, -0.1) is 0 Å². The Morgan fingerprint density at radius 1 is 1.38 bits per heavy atom. The summed E-state index contributed by atoms with van der Waals surface area (Å²) in [6.45, 7) is 8.38. The van der Waals surface area contributed by atoms with Crippen LogP contribution in [0.25, 0.3) is 0 Å². The van der Waals surface area contributed by atoms with Crippen LogP contribution in [0.4, 0.5) is 4.79 Å². The lowest BCUT2D eigenvalue weighted by molar-refractivity contribution is -0.0223. The number of aryl methyl sites for hydroxylation is 1. The number of para-hydroxylation sites is 1. The number of likely N-dealkylation sites (tertiary alicyclic amines) is 1. The summed E-state index contributed by atoms with van der Waals surface area (Å²) in [6, 6.07) is 7.58. The van der Waals surface area contributed by atoms with Crippen molar-refractivity contribution >= 4 is 6.09 Å². The van der Waals surface area contributed by atoms with E-state index in [-0.39, 0.29) is 12.2 Å². The maximum absolute atomic E-state index is 11.8. The van der Waals surface area contributed by atoms with E-state index in [9.17, 15) is 4.79 Å². The van der Waals surface area contributed by atoms with Crippen LogP contribution in [0.3, 0.4) is 0 Å². The highest BCUT2D eigenvalue weighted by molar-refractivity contribution is 5.69. The highest BCUT2D eigenvalue weighted by Gasteiger charge is 2.35. The number of hydrogen-bond donors (Lipinski definition) is 0. The Morgan fingerprint density at radius 3 is 2.62 bits per heavy atom. The average molecular weight is 288 g/mol. The Balaban J connectivity index is 1.92. The molecular formula is C16H20N2O3. The van der Waals surface area contributed by atoms with Gasteiger partial charge in [0.05, 0.1) is 18.7 Å². The lowest BCUT2D eigenvalue weighted by Gasteiger charge is -2.39. The van der Waals surface area contributed by atoms with Gasteiger partial charge in [-0.2, -0.15) is 5.26 Å². The van der Waals surface area contributed by atoms with Crippen LogP contribution in [0.15, 0.2) is 18.2 Å². The zero-order valence-electron chi connectivity index (χ0n) is 12.8. The standard InChI is InChI=1S/C16H20N2O3/c1-11-6-5-7-12(8-17)14(11)20-13-9-18(10-13)15(19)21-16(2,3)4/h5-7,13H,9-10H2,1-4H3. The minimum atomic E-state index is -0.493. The Labute approximate surface area is 125 Å². The Bertz CT molecular complexity index is 578. The topological polar surface area (TPSA) is 62.6 Å². The summed E-state index contributed by atoms with van der Waals surface area (Å²) in [5.74, 6) is 0.605. The number of rotatable bonds is 2. The van der Waals surface area contributed by atoms with Crippen LogP contribution in [-0.4, -0.2) is 35.8 Å². The van der Waals surface area contributed by atoms with Crippen molar-refractivity contribution in [2.24, 2.45) is 0 Å². The number of nitriles is 1. The van der Waals surface area contributed by atoms with Gasteiger partial charge >= 0.3 is 6.09 Å². The normalized spacial score (nSPS) is 15.1. The molecule has 0 spiro atoms. The van der Waals surface area contributed by atoms with Gasteiger partial charge in [0.1, 0.15) is 23.5 Å². The van der Waals surface area contributed by atoms with Crippen molar-refractivity contribution in [1.29, 1.82) is 5.26 Å². The largest absolute Gasteiger partial charge is 0.485 e. The SMILES string of the molecule is Cc1cccc(C#N)c1OC1CN(C(=O)OC(C)(C)C)C1. The molecule has 0 saturated carbocycles. The van der Waals surface area contributed by atoms with Gasteiger partial charge in [-0.1, -0.05) is 12.1 Å². The van der Waals surface area contributed by atoms with Crippen LogP contribution in [0, 0.1) is 18.3 Å². The summed E-state index contributed by atoms with van der Waals surface area (Å²) >= 11 is 0. The fourth-order valence-electron chi connectivity index (χ4n) is 2.05.